The van der Waals surface area contributed by atoms with E-state index in [0.717, 1.165) is 11.3 Å². The van der Waals surface area contributed by atoms with E-state index in [1.807, 2.05) is 6.92 Å². The number of fused-ring (bicyclic) bond motifs is 1. The first-order valence-electron chi connectivity index (χ1n) is 8.15. The minimum absolute atomic E-state index is 0.0140. The van der Waals surface area contributed by atoms with Gasteiger partial charge in [-0.25, -0.2) is 8.42 Å². The fourth-order valence-electron chi connectivity index (χ4n) is 3.49. The minimum Gasteiger partial charge on any atom is -0.481 e. The molecule has 0 spiro atoms. The fourth-order valence-corrected chi connectivity index (χ4v) is 5.94. The maximum Gasteiger partial charge on any atom is 0.310 e. The van der Waals surface area contributed by atoms with Gasteiger partial charge in [0.25, 0.3) is 0 Å². The highest BCUT2D eigenvalue weighted by molar-refractivity contribution is 7.89. The second kappa shape index (κ2) is 6.54. The maximum absolute atomic E-state index is 13.0. The summed E-state index contributed by atoms with van der Waals surface area (Å²) in [5.41, 5.74) is -0.429. The van der Waals surface area contributed by atoms with Crippen LogP contribution in [0.1, 0.15) is 32.6 Å². The van der Waals surface area contributed by atoms with Crippen LogP contribution in [0.25, 0.3) is 10.2 Å². The molecule has 0 bridgehead atoms. The highest BCUT2D eigenvalue weighted by atomic mass is 32.2. The van der Waals surface area contributed by atoms with Crippen LogP contribution < -0.4 is 4.87 Å². The summed E-state index contributed by atoms with van der Waals surface area (Å²) in [5, 5.41) is 9.66. The number of carbonyl (C=O) groups is 1. The SMILES string of the molecule is CCC[C@@]1(C(=O)O)CCCN(S(=O)(=O)c2ccc3[nH]c(=O)sc3c2)C1. The Morgan fingerprint density at radius 2 is 2.20 bits per heavy atom. The van der Waals surface area contributed by atoms with Crippen LogP contribution in [-0.2, 0) is 14.8 Å². The number of hydrogen-bond acceptors (Lipinski definition) is 5. The van der Waals surface area contributed by atoms with Crippen LogP contribution in [0.3, 0.4) is 0 Å². The van der Waals surface area contributed by atoms with E-state index in [4.69, 9.17) is 0 Å². The molecule has 0 unspecified atom stereocenters. The van der Waals surface area contributed by atoms with Gasteiger partial charge in [0, 0.05) is 13.1 Å². The molecular weight excluding hydrogens is 364 g/mol. The molecule has 2 aromatic rings. The number of hydrogen-bond donors (Lipinski definition) is 2. The number of carboxylic acids is 1. The molecule has 25 heavy (non-hydrogen) atoms. The van der Waals surface area contributed by atoms with Crippen LogP contribution in [0.5, 0.6) is 0 Å². The quantitative estimate of drug-likeness (QED) is 0.822. The van der Waals surface area contributed by atoms with E-state index in [2.05, 4.69) is 4.98 Å². The van der Waals surface area contributed by atoms with Gasteiger partial charge >= 0.3 is 10.8 Å². The topological polar surface area (TPSA) is 108 Å². The molecule has 1 aliphatic rings. The molecule has 1 aromatic carbocycles. The van der Waals surface area contributed by atoms with E-state index in [0.29, 0.717) is 42.4 Å². The molecular formula is C16H20N2O5S2. The van der Waals surface area contributed by atoms with Gasteiger partial charge in [-0.3, -0.25) is 9.59 Å². The standard InChI is InChI=1S/C16H20N2O5S2/c1-2-6-16(14(19)20)7-3-8-18(10-16)25(22,23)11-4-5-12-13(9-11)24-15(21)17-12/h4-5,9H,2-3,6-8,10H2,1H3,(H,17,21)(H,19,20)/t16-/m1/s1. The van der Waals surface area contributed by atoms with Crippen LogP contribution in [0.15, 0.2) is 27.9 Å². The molecule has 3 rings (SSSR count). The Bertz CT molecular complexity index is 958. The molecule has 9 heteroatoms. The van der Waals surface area contributed by atoms with Gasteiger partial charge in [-0.05, 0) is 37.5 Å². The summed E-state index contributed by atoms with van der Waals surface area (Å²) in [4.78, 5) is 25.7. The Morgan fingerprint density at radius 3 is 2.88 bits per heavy atom. The number of aromatic nitrogens is 1. The molecule has 0 amide bonds. The van der Waals surface area contributed by atoms with Crippen molar-refractivity contribution in [3.63, 3.8) is 0 Å². The van der Waals surface area contributed by atoms with E-state index < -0.39 is 21.4 Å². The van der Waals surface area contributed by atoms with Crippen molar-refractivity contribution in [3.05, 3.63) is 27.9 Å². The average molecular weight is 384 g/mol. The second-order valence-corrected chi connectivity index (χ2v) is 9.40. The van der Waals surface area contributed by atoms with E-state index in [1.165, 1.54) is 16.4 Å². The number of thiazole rings is 1. The number of aromatic amines is 1. The average Bonchev–Trinajstić information content (AvgIpc) is 2.94. The number of carboxylic acid groups (broad SMARTS) is 1. The van der Waals surface area contributed by atoms with Gasteiger partial charge in [0.15, 0.2) is 0 Å². The minimum atomic E-state index is -3.81. The summed E-state index contributed by atoms with van der Waals surface area (Å²) in [5.74, 6) is -0.937. The van der Waals surface area contributed by atoms with Crippen molar-refractivity contribution in [2.45, 2.75) is 37.5 Å². The van der Waals surface area contributed by atoms with Crippen molar-refractivity contribution in [1.29, 1.82) is 0 Å². The van der Waals surface area contributed by atoms with E-state index in [1.54, 1.807) is 6.07 Å². The monoisotopic (exact) mass is 384 g/mol. The third-order valence-corrected chi connectivity index (χ3v) is 7.44. The summed E-state index contributed by atoms with van der Waals surface area (Å²) in [6.07, 6.45) is 2.14. The molecule has 0 aliphatic carbocycles. The van der Waals surface area contributed by atoms with E-state index >= 15 is 0 Å². The molecule has 136 valence electrons. The van der Waals surface area contributed by atoms with Crippen LogP contribution >= 0.6 is 11.3 Å². The van der Waals surface area contributed by atoms with E-state index in [-0.39, 0.29) is 16.3 Å². The van der Waals surface area contributed by atoms with Gasteiger partial charge in [0.05, 0.1) is 20.5 Å². The van der Waals surface area contributed by atoms with Crippen molar-refractivity contribution in [2.24, 2.45) is 5.41 Å². The van der Waals surface area contributed by atoms with Crippen molar-refractivity contribution in [1.82, 2.24) is 9.29 Å². The van der Waals surface area contributed by atoms with E-state index in [9.17, 15) is 23.1 Å². The highest BCUT2D eigenvalue weighted by Gasteiger charge is 2.44. The van der Waals surface area contributed by atoms with Crippen LogP contribution in [0.4, 0.5) is 0 Å². The van der Waals surface area contributed by atoms with Crippen molar-refractivity contribution in [2.75, 3.05) is 13.1 Å². The summed E-state index contributed by atoms with van der Waals surface area (Å²) >= 11 is 0.954. The maximum atomic E-state index is 13.0. The first-order valence-corrected chi connectivity index (χ1v) is 10.4. The molecule has 2 N–H and O–H groups in total. The lowest BCUT2D eigenvalue weighted by atomic mass is 9.77. The Labute approximate surface area is 149 Å². The number of rotatable bonds is 5. The van der Waals surface area contributed by atoms with Crippen LogP contribution in [0.2, 0.25) is 0 Å². The fraction of sp³-hybridized carbons (Fsp3) is 0.500. The Morgan fingerprint density at radius 1 is 1.44 bits per heavy atom. The number of H-pyrrole nitrogens is 1. The lowest BCUT2D eigenvalue weighted by molar-refractivity contribution is -0.151. The molecule has 1 fully saturated rings. The van der Waals surface area contributed by atoms with Gasteiger partial charge in [0.1, 0.15) is 0 Å². The Balaban J connectivity index is 1.97. The number of nitrogens with zero attached hydrogens (tertiary/aromatic N) is 1. The van der Waals surface area contributed by atoms with Gasteiger partial charge in [-0.2, -0.15) is 4.31 Å². The van der Waals surface area contributed by atoms with Gasteiger partial charge in [-0.1, -0.05) is 24.7 Å². The van der Waals surface area contributed by atoms with Gasteiger partial charge in [0.2, 0.25) is 10.0 Å². The summed E-state index contributed by atoms with van der Waals surface area (Å²) in [6, 6.07) is 4.50. The first-order chi connectivity index (χ1) is 11.8. The van der Waals surface area contributed by atoms with Crippen molar-refractivity contribution < 1.29 is 18.3 Å². The molecule has 0 radical (unpaired) electrons. The molecule has 1 saturated heterocycles. The van der Waals surface area contributed by atoms with Gasteiger partial charge in [-0.15, -0.1) is 0 Å². The smallest absolute Gasteiger partial charge is 0.310 e. The molecule has 0 saturated carbocycles. The number of piperidine rings is 1. The largest absolute Gasteiger partial charge is 0.481 e. The Hall–Kier alpha value is -1.71. The molecule has 1 atom stereocenters. The number of sulfonamides is 1. The van der Waals surface area contributed by atoms with Crippen LogP contribution in [0, 0.1) is 5.41 Å². The zero-order valence-corrected chi connectivity index (χ0v) is 15.5. The summed E-state index contributed by atoms with van der Waals surface area (Å²) in [7, 11) is -3.81. The highest BCUT2D eigenvalue weighted by Crippen LogP contribution is 2.37. The lowest BCUT2D eigenvalue weighted by Gasteiger charge is -2.39. The number of nitrogens with one attached hydrogen (secondary N) is 1. The molecule has 2 heterocycles. The van der Waals surface area contributed by atoms with Crippen LogP contribution in [-0.4, -0.2) is 41.9 Å². The molecule has 1 aliphatic heterocycles. The molecule has 7 nitrogen and oxygen atoms in total. The summed E-state index contributed by atoms with van der Waals surface area (Å²) in [6.45, 7) is 2.20. The lowest BCUT2D eigenvalue weighted by Crippen LogP contribution is -2.49. The van der Waals surface area contributed by atoms with Crippen molar-refractivity contribution >= 4 is 37.5 Å². The first kappa shape index (κ1) is 18.1. The predicted octanol–water partition coefficient (Wildman–Crippen LogP) is 2.25. The molecule has 1 aromatic heterocycles. The normalized spacial score (nSPS) is 22.3. The predicted molar refractivity (Wildman–Crippen MR) is 95.4 cm³/mol. The third kappa shape index (κ3) is 3.23. The zero-order valence-electron chi connectivity index (χ0n) is 13.8. The third-order valence-electron chi connectivity index (χ3n) is 4.75. The summed E-state index contributed by atoms with van der Waals surface area (Å²) < 4.78 is 27.8. The van der Waals surface area contributed by atoms with Gasteiger partial charge < -0.3 is 10.1 Å². The zero-order chi connectivity index (χ0) is 18.2. The number of aliphatic carboxylic acids is 1. The second-order valence-electron chi connectivity index (χ2n) is 6.45. The van der Waals surface area contributed by atoms with Crippen molar-refractivity contribution in [3.8, 4) is 0 Å². The Kier molecular flexibility index (Phi) is 4.74. The number of benzene rings is 1.